The van der Waals surface area contributed by atoms with Crippen LogP contribution in [0.2, 0.25) is 0 Å². The monoisotopic (exact) mass is 238 g/mol. The first-order valence-corrected chi connectivity index (χ1v) is 5.30. The van der Waals surface area contributed by atoms with E-state index in [4.69, 9.17) is 10.5 Å². The van der Waals surface area contributed by atoms with Crippen molar-refractivity contribution in [2.45, 2.75) is 20.8 Å². The normalized spacial score (nSPS) is 11.1. The maximum atomic E-state index is 11.9. The van der Waals surface area contributed by atoms with Gasteiger partial charge in [-0.2, -0.15) is 4.98 Å². The summed E-state index contributed by atoms with van der Waals surface area (Å²) in [6.45, 7) is 5.57. The topological polar surface area (TPSA) is 90.1 Å². The van der Waals surface area contributed by atoms with Gasteiger partial charge in [-0.05, 0) is 20.8 Å². The van der Waals surface area contributed by atoms with Crippen LogP contribution in [-0.4, -0.2) is 29.5 Å². The molecule has 0 fully saturated rings. The first-order valence-electron chi connectivity index (χ1n) is 5.30. The second kappa shape index (κ2) is 5.09. The van der Waals surface area contributed by atoms with Gasteiger partial charge in [0.2, 0.25) is 17.7 Å². The standard InChI is InChI=1S/C11H18N4O2/c1-7-5-8(17-4)14-10(13-7)15-9(16)11(2,3)6-12/h5H,6,12H2,1-4H3,(H,13,14,15,16). The molecule has 1 rings (SSSR count). The number of carbonyl (C=O) groups is 1. The summed E-state index contributed by atoms with van der Waals surface area (Å²) in [5, 5.41) is 2.63. The van der Waals surface area contributed by atoms with Gasteiger partial charge < -0.3 is 10.5 Å². The highest BCUT2D eigenvalue weighted by Gasteiger charge is 2.26. The summed E-state index contributed by atoms with van der Waals surface area (Å²) in [7, 11) is 1.51. The summed E-state index contributed by atoms with van der Waals surface area (Å²) in [6, 6.07) is 1.68. The molecule has 17 heavy (non-hydrogen) atoms. The van der Waals surface area contributed by atoms with Gasteiger partial charge in [-0.1, -0.05) is 0 Å². The molecule has 94 valence electrons. The van der Waals surface area contributed by atoms with Crippen molar-refractivity contribution >= 4 is 11.9 Å². The Balaban J connectivity index is 2.88. The van der Waals surface area contributed by atoms with E-state index in [2.05, 4.69) is 15.3 Å². The van der Waals surface area contributed by atoms with E-state index in [-0.39, 0.29) is 18.4 Å². The molecule has 3 N–H and O–H groups in total. The summed E-state index contributed by atoms with van der Waals surface area (Å²) in [5.74, 6) is 0.430. The van der Waals surface area contributed by atoms with Crippen LogP contribution in [0.3, 0.4) is 0 Å². The highest BCUT2D eigenvalue weighted by molar-refractivity contribution is 5.93. The number of nitrogens with one attached hydrogen (secondary N) is 1. The number of carbonyl (C=O) groups excluding carboxylic acids is 1. The second-order valence-corrected chi connectivity index (χ2v) is 4.42. The van der Waals surface area contributed by atoms with Crippen molar-refractivity contribution in [1.29, 1.82) is 0 Å². The fourth-order valence-electron chi connectivity index (χ4n) is 1.06. The maximum absolute atomic E-state index is 11.9. The lowest BCUT2D eigenvalue weighted by Crippen LogP contribution is -2.37. The summed E-state index contributed by atoms with van der Waals surface area (Å²) in [4.78, 5) is 20.0. The number of ether oxygens (including phenoxy) is 1. The first-order chi connectivity index (χ1) is 7.89. The van der Waals surface area contributed by atoms with E-state index in [0.29, 0.717) is 5.88 Å². The third-order valence-electron chi connectivity index (χ3n) is 2.39. The van der Waals surface area contributed by atoms with Crippen molar-refractivity contribution in [2.75, 3.05) is 19.0 Å². The van der Waals surface area contributed by atoms with Gasteiger partial charge in [0.15, 0.2) is 0 Å². The zero-order valence-corrected chi connectivity index (χ0v) is 10.6. The van der Waals surface area contributed by atoms with Crippen molar-refractivity contribution in [3.63, 3.8) is 0 Å². The molecule has 0 atom stereocenters. The molecular weight excluding hydrogens is 220 g/mol. The second-order valence-electron chi connectivity index (χ2n) is 4.42. The van der Waals surface area contributed by atoms with Gasteiger partial charge in [-0.15, -0.1) is 0 Å². The summed E-state index contributed by atoms with van der Waals surface area (Å²) >= 11 is 0. The molecule has 0 unspecified atom stereocenters. The molecule has 0 aliphatic heterocycles. The SMILES string of the molecule is COc1cc(C)nc(NC(=O)C(C)(C)CN)n1. The Hall–Kier alpha value is -1.69. The van der Waals surface area contributed by atoms with Crippen molar-refractivity contribution in [3.05, 3.63) is 11.8 Å². The fraction of sp³-hybridized carbons (Fsp3) is 0.545. The van der Waals surface area contributed by atoms with Crippen LogP contribution in [0, 0.1) is 12.3 Å². The number of aryl methyl sites for hydroxylation is 1. The Morgan fingerprint density at radius 3 is 2.71 bits per heavy atom. The lowest BCUT2D eigenvalue weighted by molar-refractivity contribution is -0.123. The lowest BCUT2D eigenvalue weighted by Gasteiger charge is -2.20. The number of amides is 1. The molecule has 0 aliphatic rings. The van der Waals surface area contributed by atoms with Crippen LogP contribution >= 0.6 is 0 Å². The largest absolute Gasteiger partial charge is 0.481 e. The molecule has 0 radical (unpaired) electrons. The third-order valence-corrected chi connectivity index (χ3v) is 2.39. The van der Waals surface area contributed by atoms with Gasteiger partial charge in [0.25, 0.3) is 0 Å². The van der Waals surface area contributed by atoms with Crippen LogP contribution in [-0.2, 0) is 4.79 Å². The van der Waals surface area contributed by atoms with Crippen molar-refractivity contribution < 1.29 is 9.53 Å². The number of hydrogen-bond acceptors (Lipinski definition) is 5. The molecule has 1 heterocycles. The Labute approximate surface area is 101 Å². The zero-order valence-electron chi connectivity index (χ0n) is 10.6. The molecule has 1 aromatic heterocycles. The average Bonchev–Trinajstić information content (AvgIpc) is 2.28. The zero-order chi connectivity index (χ0) is 13.1. The van der Waals surface area contributed by atoms with Gasteiger partial charge in [0, 0.05) is 18.3 Å². The Bertz CT molecular complexity index is 418. The highest BCUT2D eigenvalue weighted by Crippen LogP contribution is 2.17. The molecule has 0 aliphatic carbocycles. The lowest BCUT2D eigenvalue weighted by atomic mass is 9.93. The van der Waals surface area contributed by atoms with Crippen LogP contribution in [0.25, 0.3) is 0 Å². The van der Waals surface area contributed by atoms with Gasteiger partial charge in [0.1, 0.15) is 0 Å². The molecule has 6 nitrogen and oxygen atoms in total. The molecule has 0 saturated carbocycles. The molecule has 0 aromatic carbocycles. The van der Waals surface area contributed by atoms with E-state index in [1.807, 2.05) is 0 Å². The molecule has 0 bridgehead atoms. The van der Waals surface area contributed by atoms with Crippen molar-refractivity contribution in [2.24, 2.45) is 11.1 Å². The number of methoxy groups -OCH3 is 1. The van der Waals surface area contributed by atoms with E-state index in [1.54, 1.807) is 26.8 Å². The van der Waals surface area contributed by atoms with Crippen molar-refractivity contribution in [1.82, 2.24) is 9.97 Å². The van der Waals surface area contributed by atoms with Crippen LogP contribution in [0.1, 0.15) is 19.5 Å². The predicted molar refractivity (Wildman–Crippen MR) is 64.8 cm³/mol. The minimum Gasteiger partial charge on any atom is -0.481 e. The molecular formula is C11H18N4O2. The van der Waals surface area contributed by atoms with Crippen LogP contribution in [0.15, 0.2) is 6.07 Å². The first kappa shape index (κ1) is 13.4. The van der Waals surface area contributed by atoms with Crippen LogP contribution in [0.5, 0.6) is 5.88 Å². The smallest absolute Gasteiger partial charge is 0.233 e. The summed E-state index contributed by atoms with van der Waals surface area (Å²) in [6.07, 6.45) is 0. The number of rotatable bonds is 4. The van der Waals surface area contributed by atoms with Crippen molar-refractivity contribution in [3.8, 4) is 5.88 Å². The molecule has 1 aromatic rings. The third kappa shape index (κ3) is 3.39. The quantitative estimate of drug-likeness (QED) is 0.806. The van der Waals surface area contributed by atoms with Gasteiger partial charge >= 0.3 is 0 Å². The van der Waals surface area contributed by atoms with Gasteiger partial charge in [0.05, 0.1) is 12.5 Å². The summed E-state index contributed by atoms with van der Waals surface area (Å²) < 4.78 is 5.00. The van der Waals surface area contributed by atoms with E-state index in [1.165, 1.54) is 7.11 Å². The molecule has 0 saturated heterocycles. The molecule has 1 amide bonds. The number of aromatic nitrogens is 2. The van der Waals surface area contributed by atoms with Crippen LogP contribution in [0.4, 0.5) is 5.95 Å². The highest BCUT2D eigenvalue weighted by atomic mass is 16.5. The van der Waals surface area contributed by atoms with E-state index in [9.17, 15) is 4.79 Å². The van der Waals surface area contributed by atoms with E-state index < -0.39 is 5.41 Å². The number of nitrogens with two attached hydrogens (primary N) is 1. The predicted octanol–water partition coefficient (Wildman–Crippen LogP) is 0.717. The molecule has 6 heteroatoms. The number of anilines is 1. The Morgan fingerprint density at radius 2 is 2.18 bits per heavy atom. The number of nitrogens with zero attached hydrogens (tertiary/aromatic N) is 2. The molecule has 0 spiro atoms. The fourth-order valence-corrected chi connectivity index (χ4v) is 1.06. The minimum absolute atomic E-state index is 0.215. The number of hydrogen-bond donors (Lipinski definition) is 2. The average molecular weight is 238 g/mol. The van der Waals surface area contributed by atoms with Gasteiger partial charge in [-0.25, -0.2) is 4.98 Å². The minimum atomic E-state index is -0.652. The van der Waals surface area contributed by atoms with E-state index in [0.717, 1.165) is 5.69 Å². The Kier molecular flexibility index (Phi) is 4.01. The van der Waals surface area contributed by atoms with Crippen LogP contribution < -0.4 is 15.8 Å². The maximum Gasteiger partial charge on any atom is 0.233 e. The Morgan fingerprint density at radius 1 is 1.53 bits per heavy atom. The van der Waals surface area contributed by atoms with Gasteiger partial charge in [-0.3, -0.25) is 10.1 Å². The van der Waals surface area contributed by atoms with E-state index >= 15 is 0 Å². The summed E-state index contributed by atoms with van der Waals surface area (Å²) in [5.41, 5.74) is 5.59.